The fourth-order valence-electron chi connectivity index (χ4n) is 1.54. The van der Waals surface area contributed by atoms with Crippen LogP contribution < -0.4 is 0 Å². The van der Waals surface area contributed by atoms with Crippen LogP contribution in [0, 0.1) is 5.92 Å². The SMILES string of the molecule is CO[Si](=CC1CCCC1)OC. The van der Waals surface area contributed by atoms with Gasteiger partial charge in [0.2, 0.25) is 0 Å². The predicted octanol–water partition coefficient (Wildman–Crippen LogP) is 1.34. The summed E-state index contributed by atoms with van der Waals surface area (Å²) in [6.45, 7) is 0. The monoisotopic (exact) mass is 172 g/mol. The van der Waals surface area contributed by atoms with Crippen molar-refractivity contribution in [3.05, 3.63) is 0 Å². The van der Waals surface area contributed by atoms with E-state index in [1.54, 1.807) is 14.2 Å². The summed E-state index contributed by atoms with van der Waals surface area (Å²) in [5.41, 5.74) is 2.28. The van der Waals surface area contributed by atoms with Crippen molar-refractivity contribution in [1.29, 1.82) is 0 Å². The molecular weight excluding hydrogens is 156 g/mol. The fourth-order valence-corrected chi connectivity index (χ4v) is 2.69. The summed E-state index contributed by atoms with van der Waals surface area (Å²) in [6, 6.07) is 0. The number of hydrogen-bond donors (Lipinski definition) is 0. The average molecular weight is 172 g/mol. The van der Waals surface area contributed by atoms with E-state index in [1.807, 2.05) is 0 Å². The Hall–Kier alpha value is -0.313. The lowest BCUT2D eigenvalue weighted by Gasteiger charge is -2.05. The molecule has 0 saturated heterocycles. The first-order valence-electron chi connectivity index (χ1n) is 4.16. The summed E-state index contributed by atoms with van der Waals surface area (Å²) < 4.78 is 10.4. The van der Waals surface area contributed by atoms with Gasteiger partial charge in [0.25, 0.3) is 0 Å². The van der Waals surface area contributed by atoms with Crippen molar-refractivity contribution in [2.75, 3.05) is 14.2 Å². The Kier molecular flexibility index (Phi) is 3.63. The molecule has 1 fully saturated rings. The smallest absolute Gasteiger partial charge is 0.475 e. The van der Waals surface area contributed by atoms with E-state index in [9.17, 15) is 0 Å². The second-order valence-electron chi connectivity index (χ2n) is 2.94. The van der Waals surface area contributed by atoms with E-state index in [0.717, 1.165) is 5.92 Å². The Labute approximate surface area is 70.0 Å². The maximum atomic E-state index is 5.19. The van der Waals surface area contributed by atoms with Crippen molar-refractivity contribution in [2.45, 2.75) is 25.7 Å². The van der Waals surface area contributed by atoms with E-state index in [-0.39, 0.29) is 0 Å². The summed E-state index contributed by atoms with van der Waals surface area (Å²) >= 11 is 0. The van der Waals surface area contributed by atoms with Gasteiger partial charge in [-0.15, -0.1) is 0 Å². The van der Waals surface area contributed by atoms with Gasteiger partial charge in [0.05, 0.1) is 14.2 Å². The molecule has 2 nitrogen and oxygen atoms in total. The van der Waals surface area contributed by atoms with E-state index in [0.29, 0.717) is 0 Å². The van der Waals surface area contributed by atoms with Crippen molar-refractivity contribution in [3.63, 3.8) is 0 Å². The Balaban J connectivity index is 2.40. The maximum Gasteiger partial charge on any atom is 0.475 e. The van der Waals surface area contributed by atoms with E-state index < -0.39 is 8.90 Å². The lowest BCUT2D eigenvalue weighted by atomic mass is 10.1. The fraction of sp³-hybridized carbons (Fsp3) is 0.875. The highest BCUT2D eigenvalue weighted by atomic mass is 28.3. The van der Waals surface area contributed by atoms with E-state index in [2.05, 4.69) is 5.67 Å². The number of rotatable bonds is 3. The summed E-state index contributed by atoms with van der Waals surface area (Å²) in [7, 11) is 2.42. The van der Waals surface area contributed by atoms with Crippen molar-refractivity contribution in [1.82, 2.24) is 0 Å². The molecule has 0 N–H and O–H groups in total. The van der Waals surface area contributed by atoms with Crippen LogP contribution in [0.2, 0.25) is 0 Å². The molecule has 0 atom stereocenters. The van der Waals surface area contributed by atoms with Crippen LogP contribution in [-0.2, 0) is 8.85 Å². The van der Waals surface area contributed by atoms with Gasteiger partial charge in [-0.1, -0.05) is 12.8 Å². The van der Waals surface area contributed by atoms with Crippen molar-refractivity contribution in [2.24, 2.45) is 5.92 Å². The van der Waals surface area contributed by atoms with E-state index in [1.165, 1.54) is 25.7 Å². The first-order valence-corrected chi connectivity index (χ1v) is 5.56. The lowest BCUT2D eigenvalue weighted by Crippen LogP contribution is -2.15. The van der Waals surface area contributed by atoms with Crippen LogP contribution in [0.25, 0.3) is 0 Å². The maximum absolute atomic E-state index is 5.19. The minimum atomic E-state index is -1.03. The van der Waals surface area contributed by atoms with Gasteiger partial charge in [-0.2, -0.15) is 0 Å². The first-order chi connectivity index (χ1) is 5.36. The molecular formula is C8H16O2Si. The van der Waals surface area contributed by atoms with Crippen molar-refractivity contribution >= 4 is 14.6 Å². The molecule has 0 bridgehead atoms. The van der Waals surface area contributed by atoms with Gasteiger partial charge in [-0.05, 0) is 24.4 Å². The van der Waals surface area contributed by atoms with Gasteiger partial charge in [0.1, 0.15) is 0 Å². The Morgan fingerprint density at radius 3 is 2.18 bits per heavy atom. The van der Waals surface area contributed by atoms with Gasteiger partial charge in [0, 0.05) is 0 Å². The Morgan fingerprint density at radius 1 is 1.18 bits per heavy atom. The van der Waals surface area contributed by atoms with Crippen LogP contribution in [0.1, 0.15) is 25.7 Å². The molecule has 64 valence electrons. The summed E-state index contributed by atoms with van der Waals surface area (Å²) in [6.07, 6.45) is 5.43. The molecule has 1 aliphatic rings. The second-order valence-corrected chi connectivity index (χ2v) is 4.73. The van der Waals surface area contributed by atoms with Gasteiger partial charge in [-0.25, -0.2) is 0 Å². The molecule has 0 unspecified atom stereocenters. The molecule has 1 aliphatic carbocycles. The highest BCUT2D eigenvalue weighted by Crippen LogP contribution is 2.22. The molecule has 0 aliphatic heterocycles. The van der Waals surface area contributed by atoms with Crippen molar-refractivity contribution < 1.29 is 8.85 Å². The zero-order chi connectivity index (χ0) is 8.10. The zero-order valence-corrected chi connectivity index (χ0v) is 8.30. The van der Waals surface area contributed by atoms with E-state index in [4.69, 9.17) is 8.85 Å². The topological polar surface area (TPSA) is 18.5 Å². The first kappa shape index (κ1) is 8.78. The third-order valence-electron chi connectivity index (χ3n) is 2.17. The van der Waals surface area contributed by atoms with Crippen LogP contribution in [0.15, 0.2) is 0 Å². The molecule has 11 heavy (non-hydrogen) atoms. The summed E-state index contributed by atoms with van der Waals surface area (Å²) in [4.78, 5) is 0. The Bertz CT molecular complexity index is 133. The molecule has 0 spiro atoms. The third-order valence-corrected chi connectivity index (χ3v) is 3.72. The quantitative estimate of drug-likeness (QED) is 0.598. The van der Waals surface area contributed by atoms with E-state index >= 15 is 0 Å². The molecule has 1 rings (SSSR count). The zero-order valence-electron chi connectivity index (χ0n) is 7.30. The summed E-state index contributed by atoms with van der Waals surface area (Å²) in [5, 5.41) is 0. The molecule has 0 heterocycles. The minimum Gasteiger partial charge on any atom is -0.526 e. The number of hydrogen-bond acceptors (Lipinski definition) is 2. The molecule has 0 aromatic carbocycles. The van der Waals surface area contributed by atoms with Gasteiger partial charge in [0.15, 0.2) is 0 Å². The highest BCUT2D eigenvalue weighted by Gasteiger charge is 2.14. The van der Waals surface area contributed by atoms with Gasteiger partial charge in [-0.3, -0.25) is 0 Å². The van der Waals surface area contributed by atoms with Crippen LogP contribution in [0.3, 0.4) is 0 Å². The second kappa shape index (κ2) is 4.54. The molecule has 1 saturated carbocycles. The third kappa shape index (κ3) is 2.65. The van der Waals surface area contributed by atoms with Crippen molar-refractivity contribution in [3.8, 4) is 0 Å². The molecule has 0 aromatic rings. The van der Waals surface area contributed by atoms with Gasteiger partial charge < -0.3 is 8.85 Å². The lowest BCUT2D eigenvalue weighted by molar-refractivity contribution is 0.302. The van der Waals surface area contributed by atoms with Crippen LogP contribution >= 0.6 is 0 Å². The molecule has 3 heteroatoms. The average Bonchev–Trinajstić information content (AvgIpc) is 2.52. The van der Waals surface area contributed by atoms with Crippen LogP contribution in [0.5, 0.6) is 0 Å². The molecule has 0 amide bonds. The highest BCUT2D eigenvalue weighted by molar-refractivity contribution is 6.54. The van der Waals surface area contributed by atoms with Gasteiger partial charge >= 0.3 is 8.90 Å². The minimum absolute atomic E-state index is 0.767. The molecule has 0 aromatic heterocycles. The van der Waals surface area contributed by atoms with Crippen LogP contribution in [-0.4, -0.2) is 28.8 Å². The summed E-state index contributed by atoms with van der Waals surface area (Å²) in [5.74, 6) is 0.767. The standard InChI is InChI=1S/C8H16O2Si/c1-9-11(10-2)7-8-5-3-4-6-8/h7-8H,3-6H2,1-2H3. The van der Waals surface area contributed by atoms with Crippen LogP contribution in [0.4, 0.5) is 0 Å². The largest absolute Gasteiger partial charge is 0.526 e. The predicted molar refractivity (Wildman–Crippen MR) is 47.8 cm³/mol. The normalized spacial score (nSPS) is 18.0. The Morgan fingerprint density at radius 2 is 1.73 bits per heavy atom. The molecule has 0 radical (unpaired) electrons.